The molecule has 0 aliphatic rings. The second-order valence-electron chi connectivity index (χ2n) is 3.86. The minimum atomic E-state index is -0.896. The Hall–Kier alpha value is -1.85. The number of hydrogen-bond acceptors (Lipinski definition) is 5. The summed E-state index contributed by atoms with van der Waals surface area (Å²) in [6.45, 7) is 5.07. The van der Waals surface area contributed by atoms with E-state index < -0.39 is 5.97 Å². The second-order valence-corrected chi connectivity index (χ2v) is 3.86. The summed E-state index contributed by atoms with van der Waals surface area (Å²) in [5.74, 6) is -0.0203. The van der Waals surface area contributed by atoms with Crippen LogP contribution in [0.2, 0.25) is 0 Å². The van der Waals surface area contributed by atoms with Gasteiger partial charge in [-0.05, 0) is 12.8 Å². The van der Waals surface area contributed by atoms with Gasteiger partial charge in [0, 0.05) is 18.8 Å². The second kappa shape index (κ2) is 7.47. The first-order valence-electron chi connectivity index (χ1n) is 6.10. The standard InChI is InChI=1S/C12H19N3O3/c1-3-7-15(9-11(16)17)12-13-6-5-10(14-12)18-8-4-2/h5-6H,3-4,7-9H2,1-2H3,(H,16,17). The molecule has 1 rings (SSSR count). The van der Waals surface area contributed by atoms with Crippen molar-refractivity contribution in [1.29, 1.82) is 0 Å². The van der Waals surface area contributed by atoms with Gasteiger partial charge in [0.25, 0.3) is 0 Å². The number of anilines is 1. The molecule has 0 radical (unpaired) electrons. The van der Waals surface area contributed by atoms with E-state index in [9.17, 15) is 4.79 Å². The third-order valence-corrected chi connectivity index (χ3v) is 2.17. The molecule has 0 aromatic carbocycles. The number of ether oxygens (including phenoxy) is 1. The van der Waals surface area contributed by atoms with Crippen molar-refractivity contribution in [3.05, 3.63) is 12.3 Å². The third kappa shape index (κ3) is 4.57. The lowest BCUT2D eigenvalue weighted by molar-refractivity contribution is -0.135. The average Bonchev–Trinajstić information content (AvgIpc) is 2.36. The van der Waals surface area contributed by atoms with Gasteiger partial charge in [0.1, 0.15) is 6.54 Å². The van der Waals surface area contributed by atoms with Crippen molar-refractivity contribution in [2.24, 2.45) is 0 Å². The number of carboxylic acids is 1. The molecule has 100 valence electrons. The van der Waals surface area contributed by atoms with Crippen LogP contribution in [-0.4, -0.2) is 40.7 Å². The molecule has 0 amide bonds. The summed E-state index contributed by atoms with van der Waals surface area (Å²) in [6, 6.07) is 1.67. The van der Waals surface area contributed by atoms with Crippen LogP contribution in [0, 0.1) is 0 Å². The smallest absolute Gasteiger partial charge is 0.323 e. The molecular formula is C12H19N3O3. The normalized spacial score (nSPS) is 10.1. The van der Waals surface area contributed by atoms with Crippen molar-refractivity contribution in [3.8, 4) is 5.88 Å². The Morgan fingerprint density at radius 1 is 1.44 bits per heavy atom. The van der Waals surface area contributed by atoms with Crippen LogP contribution in [0.3, 0.4) is 0 Å². The van der Waals surface area contributed by atoms with Crippen LogP contribution in [0.25, 0.3) is 0 Å². The molecule has 0 aliphatic carbocycles. The monoisotopic (exact) mass is 253 g/mol. The highest BCUT2D eigenvalue weighted by atomic mass is 16.5. The van der Waals surface area contributed by atoms with E-state index >= 15 is 0 Å². The Morgan fingerprint density at radius 2 is 2.22 bits per heavy atom. The molecule has 0 aliphatic heterocycles. The predicted molar refractivity (Wildman–Crippen MR) is 68.0 cm³/mol. The molecule has 0 saturated heterocycles. The predicted octanol–water partition coefficient (Wildman–Crippen LogP) is 1.57. The van der Waals surface area contributed by atoms with E-state index in [4.69, 9.17) is 9.84 Å². The van der Waals surface area contributed by atoms with Gasteiger partial charge in [-0.15, -0.1) is 0 Å². The third-order valence-electron chi connectivity index (χ3n) is 2.17. The van der Waals surface area contributed by atoms with Gasteiger partial charge in [-0.25, -0.2) is 4.98 Å². The molecule has 1 heterocycles. The maximum Gasteiger partial charge on any atom is 0.323 e. The lowest BCUT2D eigenvalue weighted by atomic mass is 10.4. The Morgan fingerprint density at radius 3 is 2.83 bits per heavy atom. The number of hydrogen-bond donors (Lipinski definition) is 1. The summed E-state index contributed by atoms with van der Waals surface area (Å²) in [6.07, 6.45) is 3.31. The molecule has 0 saturated carbocycles. The van der Waals surface area contributed by atoms with Gasteiger partial charge in [-0.2, -0.15) is 4.98 Å². The number of carboxylic acid groups (broad SMARTS) is 1. The number of aliphatic carboxylic acids is 1. The average molecular weight is 253 g/mol. The van der Waals surface area contributed by atoms with Crippen molar-refractivity contribution in [1.82, 2.24) is 9.97 Å². The topological polar surface area (TPSA) is 75.5 Å². The van der Waals surface area contributed by atoms with Gasteiger partial charge < -0.3 is 14.7 Å². The van der Waals surface area contributed by atoms with Crippen LogP contribution in [0.4, 0.5) is 5.95 Å². The number of rotatable bonds is 8. The minimum Gasteiger partial charge on any atom is -0.480 e. The molecule has 6 nitrogen and oxygen atoms in total. The van der Waals surface area contributed by atoms with E-state index in [1.807, 2.05) is 13.8 Å². The van der Waals surface area contributed by atoms with Crippen molar-refractivity contribution in [2.45, 2.75) is 26.7 Å². The zero-order valence-electron chi connectivity index (χ0n) is 10.8. The van der Waals surface area contributed by atoms with Crippen molar-refractivity contribution in [2.75, 3.05) is 24.6 Å². The van der Waals surface area contributed by atoms with Gasteiger partial charge in [-0.3, -0.25) is 4.79 Å². The maximum absolute atomic E-state index is 10.8. The SMILES string of the molecule is CCCOc1ccnc(N(CCC)CC(=O)O)n1. The summed E-state index contributed by atoms with van der Waals surface area (Å²) in [4.78, 5) is 20.7. The van der Waals surface area contributed by atoms with E-state index in [2.05, 4.69) is 9.97 Å². The molecular weight excluding hydrogens is 234 g/mol. The molecule has 1 aromatic heterocycles. The highest BCUT2D eigenvalue weighted by Crippen LogP contribution is 2.13. The first kappa shape index (κ1) is 14.2. The zero-order valence-corrected chi connectivity index (χ0v) is 10.8. The molecule has 1 aromatic rings. The van der Waals surface area contributed by atoms with Crippen molar-refractivity contribution >= 4 is 11.9 Å². The van der Waals surface area contributed by atoms with E-state index in [1.165, 1.54) is 0 Å². The lowest BCUT2D eigenvalue weighted by Gasteiger charge is -2.19. The fourth-order valence-electron chi connectivity index (χ4n) is 1.45. The minimum absolute atomic E-state index is 0.106. The lowest BCUT2D eigenvalue weighted by Crippen LogP contribution is -2.31. The number of aromatic nitrogens is 2. The van der Waals surface area contributed by atoms with Gasteiger partial charge in [0.15, 0.2) is 0 Å². The molecule has 0 bridgehead atoms. The first-order valence-corrected chi connectivity index (χ1v) is 6.10. The molecule has 1 N–H and O–H groups in total. The van der Waals surface area contributed by atoms with Gasteiger partial charge >= 0.3 is 5.97 Å². The summed E-state index contributed by atoms with van der Waals surface area (Å²) >= 11 is 0. The van der Waals surface area contributed by atoms with E-state index in [0.717, 1.165) is 12.8 Å². The molecule has 0 atom stereocenters. The van der Waals surface area contributed by atoms with Crippen LogP contribution < -0.4 is 9.64 Å². The summed E-state index contributed by atoms with van der Waals surface area (Å²) in [5.41, 5.74) is 0. The van der Waals surface area contributed by atoms with Crippen molar-refractivity contribution in [3.63, 3.8) is 0 Å². The maximum atomic E-state index is 10.8. The molecule has 0 fully saturated rings. The Kier molecular flexibility index (Phi) is 5.90. The first-order chi connectivity index (χ1) is 8.67. The summed E-state index contributed by atoms with van der Waals surface area (Å²) in [5, 5.41) is 8.85. The Balaban J connectivity index is 2.79. The van der Waals surface area contributed by atoms with Gasteiger partial charge in [-0.1, -0.05) is 13.8 Å². The van der Waals surface area contributed by atoms with E-state index in [0.29, 0.717) is 25.0 Å². The molecule has 6 heteroatoms. The molecule has 18 heavy (non-hydrogen) atoms. The Labute approximate surface area is 107 Å². The largest absolute Gasteiger partial charge is 0.480 e. The van der Waals surface area contributed by atoms with Crippen LogP contribution in [0.15, 0.2) is 12.3 Å². The quantitative estimate of drug-likeness (QED) is 0.757. The fraction of sp³-hybridized carbons (Fsp3) is 0.583. The van der Waals surface area contributed by atoms with Crippen LogP contribution in [0.1, 0.15) is 26.7 Å². The van der Waals surface area contributed by atoms with E-state index in [1.54, 1.807) is 17.2 Å². The zero-order chi connectivity index (χ0) is 13.4. The summed E-state index contributed by atoms with van der Waals surface area (Å²) in [7, 11) is 0. The molecule has 0 spiro atoms. The van der Waals surface area contributed by atoms with Gasteiger partial charge in [0.2, 0.25) is 11.8 Å². The Bertz CT molecular complexity index is 385. The van der Waals surface area contributed by atoms with E-state index in [-0.39, 0.29) is 6.54 Å². The van der Waals surface area contributed by atoms with Crippen LogP contribution in [0.5, 0.6) is 5.88 Å². The highest BCUT2D eigenvalue weighted by Gasteiger charge is 2.13. The molecule has 0 unspecified atom stereocenters. The number of nitrogens with zero attached hydrogens (tertiary/aromatic N) is 3. The fourth-order valence-corrected chi connectivity index (χ4v) is 1.45. The van der Waals surface area contributed by atoms with Crippen LogP contribution in [-0.2, 0) is 4.79 Å². The summed E-state index contributed by atoms with van der Waals surface area (Å²) < 4.78 is 5.40. The van der Waals surface area contributed by atoms with Crippen molar-refractivity contribution < 1.29 is 14.6 Å². The number of carbonyl (C=O) groups is 1. The van der Waals surface area contributed by atoms with Crippen LogP contribution >= 0.6 is 0 Å². The highest BCUT2D eigenvalue weighted by molar-refractivity contribution is 5.72. The van der Waals surface area contributed by atoms with Gasteiger partial charge in [0.05, 0.1) is 6.61 Å².